The van der Waals surface area contributed by atoms with Crippen LogP contribution in [0.1, 0.15) is 30.9 Å². The fraction of sp³-hybridized carbons (Fsp3) is 0.500. The largest absolute Gasteiger partial charge is 0.335 e. The Bertz CT molecular complexity index is 426. The Balaban J connectivity index is 1.96. The van der Waals surface area contributed by atoms with Gasteiger partial charge in [-0.1, -0.05) is 31.2 Å². The number of nitrogens with one attached hydrogen (secondary N) is 1. The van der Waals surface area contributed by atoms with Crippen molar-refractivity contribution in [2.24, 2.45) is 4.99 Å². The first kappa shape index (κ1) is 12.5. The average Bonchev–Trinajstić information content (AvgIpc) is 2.72. The highest BCUT2D eigenvalue weighted by Gasteiger charge is 2.18. The van der Waals surface area contributed by atoms with Gasteiger partial charge in [-0.15, -0.1) is 0 Å². The minimum atomic E-state index is 0.675. The lowest BCUT2D eigenvalue weighted by Crippen LogP contribution is -2.07. The molecule has 3 heteroatoms. The Kier molecular flexibility index (Phi) is 4.11. The summed E-state index contributed by atoms with van der Waals surface area (Å²) in [5, 5.41) is 5.16. The van der Waals surface area contributed by atoms with Crippen LogP contribution in [-0.4, -0.2) is 17.0 Å². The summed E-state index contributed by atoms with van der Waals surface area (Å²) in [5.74, 6) is 0. The highest BCUT2D eigenvalue weighted by Crippen LogP contribution is 2.26. The number of nitrogens with zero attached hydrogens (tertiary/aromatic N) is 1. The van der Waals surface area contributed by atoms with E-state index in [4.69, 9.17) is 0 Å². The van der Waals surface area contributed by atoms with Crippen molar-refractivity contribution < 1.29 is 0 Å². The first-order valence-corrected chi connectivity index (χ1v) is 7.12. The number of amidine groups is 1. The second-order valence-corrected chi connectivity index (χ2v) is 5.89. The van der Waals surface area contributed by atoms with Crippen molar-refractivity contribution >= 4 is 22.6 Å². The molecule has 2 nitrogen and oxygen atoms in total. The number of rotatable bonds is 3. The predicted molar refractivity (Wildman–Crippen MR) is 78.1 cm³/mol. The minimum absolute atomic E-state index is 0.675. The van der Waals surface area contributed by atoms with E-state index in [9.17, 15) is 0 Å². The number of hydrogen-bond acceptors (Lipinski definition) is 3. The van der Waals surface area contributed by atoms with Gasteiger partial charge >= 0.3 is 0 Å². The molecule has 92 valence electrons. The van der Waals surface area contributed by atoms with E-state index in [2.05, 4.69) is 49.3 Å². The van der Waals surface area contributed by atoms with Crippen LogP contribution in [0.2, 0.25) is 0 Å². The van der Waals surface area contributed by atoms with Crippen LogP contribution in [-0.2, 0) is 0 Å². The third-order valence-corrected chi connectivity index (χ3v) is 4.26. The second-order valence-electron chi connectivity index (χ2n) is 4.60. The molecule has 1 N–H and O–H groups in total. The fourth-order valence-corrected chi connectivity index (χ4v) is 3.05. The van der Waals surface area contributed by atoms with E-state index in [1.807, 2.05) is 11.8 Å². The smallest absolute Gasteiger partial charge is 0.161 e. The molecule has 1 aliphatic heterocycles. The summed E-state index contributed by atoms with van der Waals surface area (Å²) >= 11 is 1.88. The van der Waals surface area contributed by atoms with Gasteiger partial charge in [-0.05, 0) is 43.5 Å². The highest BCUT2D eigenvalue weighted by atomic mass is 32.2. The molecule has 0 amide bonds. The zero-order valence-corrected chi connectivity index (χ0v) is 11.6. The molecule has 0 aliphatic carbocycles. The Morgan fingerprint density at radius 2 is 2.18 bits per heavy atom. The van der Waals surface area contributed by atoms with E-state index in [1.165, 1.54) is 24.0 Å². The predicted octanol–water partition coefficient (Wildman–Crippen LogP) is 3.99. The van der Waals surface area contributed by atoms with Gasteiger partial charge in [0.1, 0.15) is 0 Å². The lowest BCUT2D eigenvalue weighted by molar-refractivity contribution is 0.754. The maximum Gasteiger partial charge on any atom is 0.161 e. The van der Waals surface area contributed by atoms with E-state index < -0.39 is 0 Å². The van der Waals surface area contributed by atoms with Crippen LogP contribution in [0.5, 0.6) is 0 Å². The van der Waals surface area contributed by atoms with E-state index >= 15 is 0 Å². The van der Waals surface area contributed by atoms with Crippen LogP contribution >= 0.6 is 11.8 Å². The van der Waals surface area contributed by atoms with Gasteiger partial charge in [0.25, 0.3) is 0 Å². The molecule has 0 aromatic heterocycles. The molecule has 1 aliphatic rings. The third kappa shape index (κ3) is 3.25. The van der Waals surface area contributed by atoms with Gasteiger partial charge in [0.15, 0.2) is 5.17 Å². The lowest BCUT2D eigenvalue weighted by Gasteiger charge is -2.09. The normalized spacial score (nSPS) is 19.2. The number of aliphatic imine (C=N–C) groups is 1. The molecular formula is C14H20N2S. The maximum absolute atomic E-state index is 4.55. The molecule has 1 atom stereocenters. The molecule has 0 radical (unpaired) electrons. The van der Waals surface area contributed by atoms with Crippen LogP contribution in [0.3, 0.4) is 0 Å². The molecule has 0 spiro atoms. The molecule has 0 saturated heterocycles. The number of benzene rings is 1. The van der Waals surface area contributed by atoms with Gasteiger partial charge in [-0.3, -0.25) is 4.99 Å². The SMILES string of the molecule is CCCC1CN=C(Nc2ccc(C)c(C)c2)S1. The van der Waals surface area contributed by atoms with Gasteiger partial charge < -0.3 is 5.32 Å². The Labute approximate surface area is 108 Å². The van der Waals surface area contributed by atoms with Crippen molar-refractivity contribution in [3.8, 4) is 0 Å². The topological polar surface area (TPSA) is 24.4 Å². The number of hydrogen-bond donors (Lipinski definition) is 1. The number of anilines is 1. The summed E-state index contributed by atoms with van der Waals surface area (Å²) in [5.41, 5.74) is 3.81. The minimum Gasteiger partial charge on any atom is -0.335 e. The van der Waals surface area contributed by atoms with E-state index in [0.29, 0.717) is 5.25 Å². The molecule has 1 aromatic rings. The van der Waals surface area contributed by atoms with Gasteiger partial charge in [-0.25, -0.2) is 0 Å². The molecule has 2 rings (SSSR count). The van der Waals surface area contributed by atoms with Crippen molar-refractivity contribution in [3.05, 3.63) is 29.3 Å². The monoisotopic (exact) mass is 248 g/mol. The van der Waals surface area contributed by atoms with Gasteiger partial charge in [0.05, 0.1) is 6.54 Å². The highest BCUT2D eigenvalue weighted by molar-refractivity contribution is 8.15. The van der Waals surface area contributed by atoms with E-state index in [0.717, 1.165) is 17.4 Å². The number of aryl methyl sites for hydroxylation is 2. The first-order chi connectivity index (χ1) is 8.19. The zero-order chi connectivity index (χ0) is 12.3. The lowest BCUT2D eigenvalue weighted by atomic mass is 10.1. The molecule has 1 aromatic carbocycles. The van der Waals surface area contributed by atoms with Gasteiger partial charge in [0.2, 0.25) is 0 Å². The van der Waals surface area contributed by atoms with Crippen molar-refractivity contribution in [1.29, 1.82) is 0 Å². The molecule has 0 fully saturated rings. The van der Waals surface area contributed by atoms with E-state index in [-0.39, 0.29) is 0 Å². The molecule has 17 heavy (non-hydrogen) atoms. The van der Waals surface area contributed by atoms with Gasteiger partial charge in [0, 0.05) is 10.9 Å². The Hall–Kier alpha value is -0.960. The average molecular weight is 248 g/mol. The summed E-state index contributed by atoms with van der Waals surface area (Å²) in [4.78, 5) is 4.55. The summed E-state index contributed by atoms with van der Waals surface area (Å²) in [6.07, 6.45) is 2.50. The molecule has 0 saturated carbocycles. The summed E-state index contributed by atoms with van der Waals surface area (Å²) in [6, 6.07) is 6.46. The quantitative estimate of drug-likeness (QED) is 0.874. The second kappa shape index (κ2) is 5.58. The Morgan fingerprint density at radius 1 is 1.35 bits per heavy atom. The maximum atomic E-state index is 4.55. The first-order valence-electron chi connectivity index (χ1n) is 6.24. The third-order valence-electron chi connectivity index (χ3n) is 3.09. The van der Waals surface area contributed by atoms with Crippen molar-refractivity contribution in [2.45, 2.75) is 38.9 Å². The number of thioether (sulfide) groups is 1. The molecule has 1 heterocycles. The molecular weight excluding hydrogens is 228 g/mol. The van der Waals surface area contributed by atoms with Crippen molar-refractivity contribution in [1.82, 2.24) is 0 Å². The van der Waals surface area contributed by atoms with E-state index in [1.54, 1.807) is 0 Å². The molecule has 0 bridgehead atoms. The van der Waals surface area contributed by atoms with Crippen molar-refractivity contribution in [2.75, 3.05) is 11.9 Å². The Morgan fingerprint density at radius 3 is 2.88 bits per heavy atom. The summed E-state index contributed by atoms with van der Waals surface area (Å²) in [7, 11) is 0. The zero-order valence-electron chi connectivity index (χ0n) is 10.8. The summed E-state index contributed by atoms with van der Waals surface area (Å²) < 4.78 is 0. The van der Waals surface area contributed by atoms with Crippen LogP contribution in [0.4, 0.5) is 5.69 Å². The van der Waals surface area contributed by atoms with Crippen LogP contribution in [0.15, 0.2) is 23.2 Å². The van der Waals surface area contributed by atoms with Crippen LogP contribution < -0.4 is 5.32 Å². The van der Waals surface area contributed by atoms with Crippen molar-refractivity contribution in [3.63, 3.8) is 0 Å². The fourth-order valence-electron chi connectivity index (χ4n) is 1.90. The summed E-state index contributed by atoms with van der Waals surface area (Å²) in [6.45, 7) is 7.48. The molecule has 1 unspecified atom stereocenters. The standard InChI is InChI=1S/C14H20N2S/c1-4-5-13-9-15-14(17-13)16-12-7-6-10(2)11(3)8-12/h6-8,13H,4-5,9H2,1-3H3,(H,15,16). The van der Waals surface area contributed by atoms with Crippen LogP contribution in [0, 0.1) is 13.8 Å². The van der Waals surface area contributed by atoms with Crippen LogP contribution in [0.25, 0.3) is 0 Å². The van der Waals surface area contributed by atoms with Gasteiger partial charge in [-0.2, -0.15) is 0 Å².